The molecule has 1 aromatic rings. The molecule has 1 heterocycles. The molecule has 3 rings (SSSR count). The summed E-state index contributed by atoms with van der Waals surface area (Å²) in [5.74, 6) is 1.14. The second kappa shape index (κ2) is 4.64. The molecule has 102 valence electrons. The number of benzene rings is 1. The van der Waals surface area contributed by atoms with Crippen LogP contribution in [0.4, 0.5) is 0 Å². The van der Waals surface area contributed by atoms with Gasteiger partial charge in [0, 0.05) is 6.42 Å². The molecular weight excluding hydrogens is 240 g/mol. The number of hydrogen-bond acceptors (Lipinski definition) is 3. The van der Waals surface area contributed by atoms with E-state index in [2.05, 4.69) is 6.92 Å². The van der Waals surface area contributed by atoms with Gasteiger partial charge in [-0.25, -0.2) is 0 Å². The van der Waals surface area contributed by atoms with E-state index in [-0.39, 0.29) is 5.78 Å². The molecule has 1 aliphatic carbocycles. The Kier molecular flexibility index (Phi) is 3.09. The lowest BCUT2D eigenvalue weighted by molar-refractivity contribution is 0.00404. The normalized spacial score (nSPS) is 29.7. The van der Waals surface area contributed by atoms with Crippen molar-refractivity contribution in [1.29, 1.82) is 0 Å². The molecule has 2 aliphatic rings. The summed E-state index contributed by atoms with van der Waals surface area (Å²) in [4.78, 5) is 12.7. The number of ketones is 1. The third kappa shape index (κ3) is 2.16. The van der Waals surface area contributed by atoms with Crippen molar-refractivity contribution in [3.8, 4) is 5.75 Å². The maximum Gasteiger partial charge on any atom is 0.198 e. The largest absolute Gasteiger partial charge is 0.492 e. The average molecular weight is 260 g/mol. The fourth-order valence-corrected chi connectivity index (χ4v) is 3.11. The Morgan fingerprint density at radius 2 is 2.11 bits per heavy atom. The average Bonchev–Trinajstić information content (AvgIpc) is 2.89. The zero-order chi connectivity index (χ0) is 13.5. The van der Waals surface area contributed by atoms with Crippen LogP contribution in [0.25, 0.3) is 0 Å². The second-order valence-electron chi connectivity index (χ2n) is 5.94. The Morgan fingerprint density at radius 3 is 2.84 bits per heavy atom. The van der Waals surface area contributed by atoms with Crippen molar-refractivity contribution in [3.63, 3.8) is 0 Å². The van der Waals surface area contributed by atoms with Gasteiger partial charge in [-0.3, -0.25) is 4.79 Å². The lowest BCUT2D eigenvalue weighted by atomic mass is 9.75. The first kappa shape index (κ1) is 12.7. The molecule has 0 radical (unpaired) electrons. The molecule has 3 nitrogen and oxygen atoms in total. The smallest absolute Gasteiger partial charge is 0.198 e. The molecule has 0 spiro atoms. The zero-order valence-electron chi connectivity index (χ0n) is 11.3. The highest BCUT2D eigenvalue weighted by atomic mass is 16.5. The number of para-hydroxylation sites is 1. The van der Waals surface area contributed by atoms with Crippen molar-refractivity contribution in [2.24, 2.45) is 5.92 Å². The Balaban J connectivity index is 1.90. The first-order valence-electron chi connectivity index (χ1n) is 7.12. The molecule has 0 aromatic heterocycles. The molecule has 0 unspecified atom stereocenters. The Labute approximate surface area is 113 Å². The van der Waals surface area contributed by atoms with Crippen LogP contribution >= 0.6 is 0 Å². The third-order valence-corrected chi connectivity index (χ3v) is 4.48. The monoisotopic (exact) mass is 260 g/mol. The Morgan fingerprint density at radius 1 is 1.37 bits per heavy atom. The van der Waals surface area contributed by atoms with Crippen molar-refractivity contribution in [2.45, 2.75) is 44.6 Å². The number of hydrogen-bond donors (Lipinski definition) is 1. The first-order valence-corrected chi connectivity index (χ1v) is 7.12. The molecule has 19 heavy (non-hydrogen) atoms. The number of ether oxygens (including phenoxy) is 1. The number of rotatable bonds is 2. The predicted octanol–water partition coefficient (Wildman–Crippen LogP) is 2.75. The SMILES string of the molecule is CC1CCC(O)(C(=O)c2cccc3c2OCC3)CC1. The maximum atomic E-state index is 12.7. The quantitative estimate of drug-likeness (QED) is 0.832. The van der Waals surface area contributed by atoms with E-state index in [0.717, 1.165) is 24.8 Å². The standard InChI is InChI=1S/C16H20O3/c1-11-5-8-16(18,9-6-11)15(17)13-4-2-3-12-7-10-19-14(12)13/h2-4,11,18H,5-10H2,1H3. The lowest BCUT2D eigenvalue weighted by Crippen LogP contribution is -2.42. The number of carbonyl (C=O) groups excluding carboxylic acids is 1. The van der Waals surface area contributed by atoms with Crippen molar-refractivity contribution < 1.29 is 14.6 Å². The van der Waals surface area contributed by atoms with Crippen LogP contribution in [0.5, 0.6) is 5.75 Å². The van der Waals surface area contributed by atoms with E-state index in [1.165, 1.54) is 0 Å². The van der Waals surface area contributed by atoms with Crippen molar-refractivity contribution in [2.75, 3.05) is 6.61 Å². The van der Waals surface area contributed by atoms with Gasteiger partial charge in [0.25, 0.3) is 0 Å². The molecular formula is C16H20O3. The van der Waals surface area contributed by atoms with Crippen LogP contribution < -0.4 is 4.74 Å². The van der Waals surface area contributed by atoms with Crippen molar-refractivity contribution >= 4 is 5.78 Å². The van der Waals surface area contributed by atoms with Gasteiger partial charge in [-0.15, -0.1) is 0 Å². The molecule has 1 aromatic carbocycles. The van der Waals surface area contributed by atoms with Crippen LogP contribution in [0, 0.1) is 5.92 Å². The third-order valence-electron chi connectivity index (χ3n) is 4.48. The lowest BCUT2D eigenvalue weighted by Gasteiger charge is -2.33. The first-order chi connectivity index (χ1) is 9.10. The topological polar surface area (TPSA) is 46.5 Å². The molecule has 0 atom stereocenters. The minimum absolute atomic E-state index is 0.154. The number of fused-ring (bicyclic) bond motifs is 1. The fraction of sp³-hybridized carbons (Fsp3) is 0.562. The second-order valence-corrected chi connectivity index (χ2v) is 5.94. The summed E-state index contributed by atoms with van der Waals surface area (Å²) in [7, 11) is 0. The molecule has 1 fully saturated rings. The van der Waals surface area contributed by atoms with Crippen LogP contribution in [0.15, 0.2) is 18.2 Å². The molecule has 0 saturated heterocycles. The molecule has 1 saturated carbocycles. The fourth-order valence-electron chi connectivity index (χ4n) is 3.11. The van der Waals surface area contributed by atoms with E-state index in [1.54, 1.807) is 6.07 Å². The van der Waals surface area contributed by atoms with Gasteiger partial charge in [-0.05, 0) is 43.2 Å². The van der Waals surface area contributed by atoms with Crippen LogP contribution in [0.3, 0.4) is 0 Å². The number of aliphatic hydroxyl groups is 1. The highest BCUT2D eigenvalue weighted by Gasteiger charge is 2.40. The van der Waals surface area contributed by atoms with E-state index in [0.29, 0.717) is 36.7 Å². The summed E-state index contributed by atoms with van der Waals surface area (Å²) >= 11 is 0. The van der Waals surface area contributed by atoms with Crippen molar-refractivity contribution in [1.82, 2.24) is 0 Å². The minimum Gasteiger partial charge on any atom is -0.492 e. The van der Waals surface area contributed by atoms with Gasteiger partial charge in [-0.1, -0.05) is 19.1 Å². The summed E-state index contributed by atoms with van der Waals surface area (Å²) in [6, 6.07) is 5.66. The highest BCUT2D eigenvalue weighted by Crippen LogP contribution is 2.38. The predicted molar refractivity (Wildman–Crippen MR) is 72.6 cm³/mol. The molecule has 0 amide bonds. The number of Topliss-reactive ketones (excluding diaryl/α,β-unsaturated/α-hetero) is 1. The minimum atomic E-state index is -1.19. The zero-order valence-corrected chi connectivity index (χ0v) is 11.3. The Bertz CT molecular complexity index is 499. The van der Waals surface area contributed by atoms with E-state index < -0.39 is 5.60 Å². The summed E-state index contributed by atoms with van der Waals surface area (Å²) in [5.41, 5.74) is 0.457. The molecule has 3 heteroatoms. The van der Waals surface area contributed by atoms with Gasteiger partial charge < -0.3 is 9.84 Å². The van der Waals surface area contributed by atoms with Gasteiger partial charge in [-0.2, -0.15) is 0 Å². The van der Waals surface area contributed by atoms with E-state index in [4.69, 9.17) is 4.74 Å². The van der Waals surface area contributed by atoms with E-state index in [1.807, 2.05) is 12.1 Å². The Hall–Kier alpha value is -1.35. The van der Waals surface area contributed by atoms with E-state index >= 15 is 0 Å². The van der Waals surface area contributed by atoms with Gasteiger partial charge in [0.2, 0.25) is 0 Å². The van der Waals surface area contributed by atoms with Crippen LogP contribution in [-0.2, 0) is 6.42 Å². The molecule has 0 bridgehead atoms. The van der Waals surface area contributed by atoms with Gasteiger partial charge in [0.05, 0.1) is 12.2 Å². The van der Waals surface area contributed by atoms with Crippen LogP contribution in [-0.4, -0.2) is 23.1 Å². The summed E-state index contributed by atoms with van der Waals surface area (Å²) in [6.07, 6.45) is 3.81. The highest BCUT2D eigenvalue weighted by molar-refractivity contribution is 6.05. The van der Waals surface area contributed by atoms with Crippen LogP contribution in [0.2, 0.25) is 0 Å². The summed E-state index contributed by atoms with van der Waals surface area (Å²) in [5, 5.41) is 10.6. The summed E-state index contributed by atoms with van der Waals surface area (Å²) in [6.45, 7) is 2.81. The van der Waals surface area contributed by atoms with Gasteiger partial charge >= 0.3 is 0 Å². The van der Waals surface area contributed by atoms with E-state index in [9.17, 15) is 9.90 Å². The van der Waals surface area contributed by atoms with Gasteiger partial charge in [0.15, 0.2) is 5.78 Å². The van der Waals surface area contributed by atoms with Crippen LogP contribution in [0.1, 0.15) is 48.5 Å². The number of carbonyl (C=O) groups is 1. The molecule has 1 aliphatic heterocycles. The molecule has 1 N–H and O–H groups in total. The van der Waals surface area contributed by atoms with Gasteiger partial charge in [0.1, 0.15) is 11.4 Å². The van der Waals surface area contributed by atoms with Crippen molar-refractivity contribution in [3.05, 3.63) is 29.3 Å². The maximum absolute atomic E-state index is 12.7. The summed E-state index contributed by atoms with van der Waals surface area (Å²) < 4.78 is 5.58.